The van der Waals surface area contributed by atoms with Crippen molar-refractivity contribution in [2.45, 2.75) is 19.9 Å². The number of halogens is 1. The summed E-state index contributed by atoms with van der Waals surface area (Å²) in [4.78, 5) is 4.25. The fraction of sp³-hybridized carbons (Fsp3) is 0.364. The number of thiophene rings is 1. The molecule has 0 saturated heterocycles. The van der Waals surface area contributed by atoms with Crippen molar-refractivity contribution >= 4 is 33.9 Å². The molecule has 2 aromatic rings. The van der Waals surface area contributed by atoms with E-state index in [4.69, 9.17) is 4.42 Å². The highest BCUT2D eigenvalue weighted by Gasteiger charge is 2.11. The minimum absolute atomic E-state index is 0.770. The highest BCUT2D eigenvalue weighted by atomic mass is 127. The van der Waals surface area contributed by atoms with Gasteiger partial charge in [0.05, 0.1) is 2.88 Å². The molecular weight excluding hydrogens is 335 g/mol. The van der Waals surface area contributed by atoms with E-state index in [2.05, 4.69) is 51.3 Å². The topological polar surface area (TPSA) is 38.1 Å². The van der Waals surface area contributed by atoms with Crippen LogP contribution >= 0.6 is 33.9 Å². The number of nitrogens with zero attached hydrogens (tertiary/aromatic N) is 1. The SMILES string of the molecule is CCCNCc1ncoc1-c1csc(I)c1. The van der Waals surface area contributed by atoms with Gasteiger partial charge in [0.2, 0.25) is 0 Å². The molecule has 16 heavy (non-hydrogen) atoms. The van der Waals surface area contributed by atoms with Crippen molar-refractivity contribution in [3.8, 4) is 11.3 Å². The molecule has 5 heteroatoms. The maximum atomic E-state index is 5.45. The van der Waals surface area contributed by atoms with Crippen LogP contribution in [0.5, 0.6) is 0 Å². The molecule has 1 N–H and O–H groups in total. The Hall–Kier alpha value is -0.400. The Morgan fingerprint density at radius 3 is 3.12 bits per heavy atom. The normalized spacial score (nSPS) is 10.9. The lowest BCUT2D eigenvalue weighted by Crippen LogP contribution is -2.14. The molecule has 0 aliphatic rings. The van der Waals surface area contributed by atoms with Crippen molar-refractivity contribution < 1.29 is 4.42 Å². The summed E-state index contributed by atoms with van der Waals surface area (Å²) in [5.74, 6) is 0.891. The van der Waals surface area contributed by atoms with E-state index in [1.54, 1.807) is 11.3 Å². The van der Waals surface area contributed by atoms with Crippen molar-refractivity contribution in [2.24, 2.45) is 0 Å². The molecule has 0 saturated carbocycles. The highest BCUT2D eigenvalue weighted by molar-refractivity contribution is 14.1. The third-order valence-corrected chi connectivity index (χ3v) is 3.98. The lowest BCUT2D eigenvalue weighted by molar-refractivity contribution is 0.569. The fourth-order valence-corrected chi connectivity index (χ4v) is 2.77. The Bertz CT molecular complexity index is 452. The summed E-state index contributed by atoms with van der Waals surface area (Å²) in [6.45, 7) is 3.93. The van der Waals surface area contributed by atoms with E-state index in [9.17, 15) is 0 Å². The molecule has 2 aromatic heterocycles. The molecule has 2 rings (SSSR count). The zero-order chi connectivity index (χ0) is 11.4. The molecule has 0 bridgehead atoms. The van der Waals surface area contributed by atoms with Crippen molar-refractivity contribution in [1.82, 2.24) is 10.3 Å². The molecule has 0 amide bonds. The molecule has 0 spiro atoms. The number of hydrogen-bond donors (Lipinski definition) is 1. The summed E-state index contributed by atoms with van der Waals surface area (Å²) in [7, 11) is 0. The van der Waals surface area contributed by atoms with Gasteiger partial charge in [-0.05, 0) is 41.6 Å². The second-order valence-electron chi connectivity index (χ2n) is 3.44. The molecule has 0 atom stereocenters. The lowest BCUT2D eigenvalue weighted by Gasteiger charge is -2.00. The largest absolute Gasteiger partial charge is 0.443 e. The maximum Gasteiger partial charge on any atom is 0.181 e. The zero-order valence-corrected chi connectivity index (χ0v) is 12.0. The summed E-state index contributed by atoms with van der Waals surface area (Å²) in [6, 6.07) is 2.12. The first-order valence-electron chi connectivity index (χ1n) is 5.18. The maximum absolute atomic E-state index is 5.45. The average molecular weight is 348 g/mol. The molecule has 2 heterocycles. The van der Waals surface area contributed by atoms with E-state index in [0.717, 1.165) is 36.5 Å². The first-order chi connectivity index (χ1) is 7.81. The first kappa shape index (κ1) is 12.1. The van der Waals surface area contributed by atoms with Gasteiger partial charge in [-0.1, -0.05) is 6.92 Å². The molecule has 0 aromatic carbocycles. The standard InChI is InChI=1S/C11H13IN2OS/c1-2-3-13-5-9-11(15-7-14-9)8-4-10(12)16-6-8/h4,6-7,13H,2-3,5H2,1H3. The number of aromatic nitrogens is 1. The Labute approximate surface area is 112 Å². The zero-order valence-electron chi connectivity index (χ0n) is 9.00. The van der Waals surface area contributed by atoms with Crippen LogP contribution < -0.4 is 5.32 Å². The molecule has 0 fully saturated rings. The van der Waals surface area contributed by atoms with Crippen LogP contribution in [0.3, 0.4) is 0 Å². The average Bonchev–Trinajstić information content (AvgIpc) is 2.87. The van der Waals surface area contributed by atoms with Crippen LogP contribution in [0.1, 0.15) is 19.0 Å². The second kappa shape index (κ2) is 5.79. The monoisotopic (exact) mass is 348 g/mol. The van der Waals surface area contributed by atoms with Crippen molar-refractivity contribution in [3.05, 3.63) is 26.4 Å². The smallest absolute Gasteiger partial charge is 0.181 e. The minimum Gasteiger partial charge on any atom is -0.443 e. The van der Waals surface area contributed by atoms with Gasteiger partial charge in [-0.25, -0.2) is 4.98 Å². The van der Waals surface area contributed by atoms with Gasteiger partial charge in [-0.3, -0.25) is 0 Å². The van der Waals surface area contributed by atoms with Crippen LogP contribution in [0.15, 0.2) is 22.3 Å². The summed E-state index contributed by atoms with van der Waals surface area (Å²) in [5.41, 5.74) is 2.11. The van der Waals surface area contributed by atoms with E-state index >= 15 is 0 Å². The van der Waals surface area contributed by atoms with E-state index in [1.807, 2.05) is 0 Å². The predicted octanol–water partition coefficient (Wildman–Crippen LogP) is 3.51. The molecule has 86 valence electrons. The van der Waals surface area contributed by atoms with Crippen molar-refractivity contribution in [1.29, 1.82) is 0 Å². The molecule has 0 radical (unpaired) electrons. The number of hydrogen-bond acceptors (Lipinski definition) is 4. The van der Waals surface area contributed by atoms with Gasteiger partial charge in [-0.2, -0.15) is 0 Å². The van der Waals surface area contributed by atoms with E-state index in [1.165, 1.54) is 9.28 Å². The Morgan fingerprint density at radius 2 is 2.44 bits per heavy atom. The van der Waals surface area contributed by atoms with Crippen LogP contribution in [0, 0.1) is 2.88 Å². The summed E-state index contributed by atoms with van der Waals surface area (Å²) < 4.78 is 6.71. The fourth-order valence-electron chi connectivity index (χ4n) is 1.44. The number of oxazole rings is 1. The van der Waals surface area contributed by atoms with Gasteiger partial charge in [0.25, 0.3) is 0 Å². The van der Waals surface area contributed by atoms with Gasteiger partial charge in [0.15, 0.2) is 12.2 Å². The third-order valence-electron chi connectivity index (χ3n) is 2.19. The lowest BCUT2D eigenvalue weighted by atomic mass is 10.2. The number of nitrogens with one attached hydrogen (secondary N) is 1. The van der Waals surface area contributed by atoms with Gasteiger partial charge in [0, 0.05) is 17.5 Å². The van der Waals surface area contributed by atoms with E-state index < -0.39 is 0 Å². The van der Waals surface area contributed by atoms with Crippen LogP contribution in [-0.2, 0) is 6.54 Å². The van der Waals surface area contributed by atoms with Crippen LogP contribution in [0.2, 0.25) is 0 Å². The Kier molecular flexibility index (Phi) is 4.37. The molecular formula is C11H13IN2OS. The predicted molar refractivity (Wildman–Crippen MR) is 74.5 cm³/mol. The van der Waals surface area contributed by atoms with Crippen LogP contribution in [0.25, 0.3) is 11.3 Å². The van der Waals surface area contributed by atoms with Crippen molar-refractivity contribution in [2.75, 3.05) is 6.54 Å². The van der Waals surface area contributed by atoms with Gasteiger partial charge >= 0.3 is 0 Å². The van der Waals surface area contributed by atoms with Crippen LogP contribution in [-0.4, -0.2) is 11.5 Å². The molecule has 0 aliphatic heterocycles. The van der Waals surface area contributed by atoms with Gasteiger partial charge < -0.3 is 9.73 Å². The first-order valence-corrected chi connectivity index (χ1v) is 7.14. The van der Waals surface area contributed by atoms with Crippen molar-refractivity contribution in [3.63, 3.8) is 0 Å². The van der Waals surface area contributed by atoms with Gasteiger partial charge in [-0.15, -0.1) is 11.3 Å². The van der Waals surface area contributed by atoms with Gasteiger partial charge in [0.1, 0.15) is 5.69 Å². The summed E-state index contributed by atoms with van der Waals surface area (Å²) >= 11 is 4.03. The molecule has 3 nitrogen and oxygen atoms in total. The van der Waals surface area contributed by atoms with E-state index in [-0.39, 0.29) is 0 Å². The third kappa shape index (κ3) is 2.83. The highest BCUT2D eigenvalue weighted by Crippen LogP contribution is 2.28. The quantitative estimate of drug-likeness (QED) is 0.664. The second-order valence-corrected chi connectivity index (χ2v) is 6.25. The van der Waals surface area contributed by atoms with Crippen LogP contribution in [0.4, 0.5) is 0 Å². The molecule has 0 unspecified atom stereocenters. The Morgan fingerprint density at radius 1 is 1.56 bits per heavy atom. The van der Waals surface area contributed by atoms with E-state index in [0.29, 0.717) is 0 Å². The summed E-state index contributed by atoms with van der Waals surface area (Å²) in [6.07, 6.45) is 2.65. The molecule has 0 aliphatic carbocycles. The Balaban J connectivity index is 2.12. The number of rotatable bonds is 5. The summed E-state index contributed by atoms with van der Waals surface area (Å²) in [5, 5.41) is 5.44. The minimum atomic E-state index is 0.770.